The molecule has 1 amide bonds. The minimum atomic E-state index is -0.274. The van der Waals surface area contributed by atoms with E-state index in [9.17, 15) is 4.79 Å². The number of nitrogens with zero attached hydrogens (tertiary/aromatic N) is 1. The molecular weight excluding hydrogens is 312 g/mol. The maximum Gasteiger partial charge on any atom is 0.239 e. The van der Waals surface area contributed by atoms with Crippen LogP contribution < -0.4 is 10.1 Å². The molecule has 0 radical (unpaired) electrons. The first kappa shape index (κ1) is 15.3. The van der Waals surface area contributed by atoms with Crippen LogP contribution in [-0.2, 0) is 4.79 Å². The second-order valence-electron chi connectivity index (χ2n) is 5.00. The molecule has 2 aromatic carbocycles. The van der Waals surface area contributed by atoms with Gasteiger partial charge in [0.2, 0.25) is 5.91 Å². The fourth-order valence-electron chi connectivity index (χ4n) is 2.48. The van der Waals surface area contributed by atoms with Crippen molar-refractivity contribution in [3.8, 4) is 16.9 Å². The van der Waals surface area contributed by atoms with E-state index in [4.69, 9.17) is 16.3 Å². The molecule has 116 valence electrons. The normalized spacial score (nSPS) is 10.5. The first-order valence-electron chi connectivity index (χ1n) is 7.10. The van der Waals surface area contributed by atoms with Gasteiger partial charge in [0.15, 0.2) is 0 Å². The third kappa shape index (κ3) is 3.12. The lowest BCUT2D eigenvalue weighted by atomic mass is 10.0. The van der Waals surface area contributed by atoms with E-state index in [-0.39, 0.29) is 11.8 Å². The highest BCUT2D eigenvalue weighted by Crippen LogP contribution is 2.35. The van der Waals surface area contributed by atoms with Gasteiger partial charge < -0.3 is 10.1 Å². The molecule has 0 unspecified atom stereocenters. The Hall–Kier alpha value is -2.59. The molecule has 0 aliphatic rings. The fourth-order valence-corrected chi connectivity index (χ4v) is 2.55. The molecule has 3 rings (SSSR count). The molecule has 0 fully saturated rings. The third-order valence-electron chi connectivity index (χ3n) is 3.58. The minimum absolute atomic E-state index is 0.109. The number of nitrogens with one attached hydrogen (secondary N) is 1. The topological polar surface area (TPSA) is 51.2 Å². The van der Waals surface area contributed by atoms with Crippen LogP contribution in [0.5, 0.6) is 5.75 Å². The van der Waals surface area contributed by atoms with Crippen molar-refractivity contribution in [2.24, 2.45) is 0 Å². The maximum absolute atomic E-state index is 11.7. The summed E-state index contributed by atoms with van der Waals surface area (Å²) in [6.45, 7) is 0. The summed E-state index contributed by atoms with van der Waals surface area (Å²) in [4.78, 5) is 15.9. The monoisotopic (exact) mass is 326 g/mol. The molecule has 0 aliphatic heterocycles. The molecule has 4 nitrogen and oxygen atoms in total. The molecule has 5 heteroatoms. The molecule has 1 heterocycles. The molecule has 23 heavy (non-hydrogen) atoms. The Morgan fingerprint density at radius 2 is 2.04 bits per heavy atom. The number of aromatic nitrogens is 1. The zero-order chi connectivity index (χ0) is 16.2. The van der Waals surface area contributed by atoms with Crippen LogP contribution in [0.2, 0.25) is 0 Å². The Morgan fingerprint density at radius 3 is 2.74 bits per heavy atom. The minimum Gasteiger partial charge on any atom is -0.495 e. The Morgan fingerprint density at radius 1 is 1.22 bits per heavy atom. The van der Waals surface area contributed by atoms with E-state index < -0.39 is 0 Å². The zero-order valence-corrected chi connectivity index (χ0v) is 13.3. The van der Waals surface area contributed by atoms with Crippen LogP contribution >= 0.6 is 11.6 Å². The highest BCUT2D eigenvalue weighted by Gasteiger charge is 2.12. The van der Waals surface area contributed by atoms with Gasteiger partial charge >= 0.3 is 0 Å². The number of hydrogen-bond acceptors (Lipinski definition) is 3. The van der Waals surface area contributed by atoms with Gasteiger partial charge in [-0.1, -0.05) is 24.3 Å². The first-order valence-corrected chi connectivity index (χ1v) is 7.63. The summed E-state index contributed by atoms with van der Waals surface area (Å²) in [6, 6.07) is 13.7. The predicted octanol–water partition coefficient (Wildman–Crippen LogP) is 4.09. The SMILES string of the molecule is COc1ccc2ccc(-c3cccnc3)cc2c1NC(=O)CCl. The second-order valence-corrected chi connectivity index (χ2v) is 5.27. The number of hydrogen-bond donors (Lipinski definition) is 1. The number of amides is 1. The highest BCUT2D eigenvalue weighted by molar-refractivity contribution is 6.29. The number of fused-ring (bicyclic) bond motifs is 1. The number of pyridine rings is 1. The number of rotatable bonds is 4. The van der Waals surface area contributed by atoms with Crippen LogP contribution in [0.4, 0.5) is 5.69 Å². The van der Waals surface area contributed by atoms with Gasteiger partial charge in [0.1, 0.15) is 11.6 Å². The number of methoxy groups -OCH3 is 1. The van der Waals surface area contributed by atoms with E-state index in [0.29, 0.717) is 11.4 Å². The number of benzene rings is 2. The molecule has 0 spiro atoms. The van der Waals surface area contributed by atoms with E-state index in [1.165, 1.54) is 0 Å². The Bertz CT molecular complexity index is 850. The summed E-state index contributed by atoms with van der Waals surface area (Å²) < 4.78 is 5.37. The fraction of sp³-hybridized carbons (Fsp3) is 0.111. The van der Waals surface area contributed by atoms with Gasteiger partial charge in [-0.2, -0.15) is 0 Å². The van der Waals surface area contributed by atoms with Crippen LogP contribution in [0, 0.1) is 0 Å². The maximum atomic E-state index is 11.7. The van der Waals surface area contributed by atoms with Gasteiger partial charge in [0.25, 0.3) is 0 Å². The number of halogens is 1. The lowest BCUT2D eigenvalue weighted by Gasteiger charge is -2.14. The lowest BCUT2D eigenvalue weighted by Crippen LogP contribution is -2.13. The van der Waals surface area contributed by atoms with Gasteiger partial charge in [0, 0.05) is 23.3 Å². The largest absolute Gasteiger partial charge is 0.495 e. The van der Waals surface area contributed by atoms with Crippen molar-refractivity contribution < 1.29 is 9.53 Å². The molecule has 0 bridgehead atoms. The zero-order valence-electron chi connectivity index (χ0n) is 12.5. The third-order valence-corrected chi connectivity index (χ3v) is 3.83. The van der Waals surface area contributed by atoms with E-state index in [2.05, 4.69) is 10.3 Å². The molecule has 1 aromatic heterocycles. The molecule has 0 atom stereocenters. The number of ether oxygens (including phenoxy) is 1. The van der Waals surface area contributed by atoms with Gasteiger partial charge in [-0.25, -0.2) is 0 Å². The molecule has 0 saturated carbocycles. The standard InChI is InChI=1S/C18H15ClN2O2/c1-23-16-7-6-12-4-5-13(14-3-2-8-20-11-14)9-15(12)18(16)21-17(22)10-19/h2-9,11H,10H2,1H3,(H,21,22). The van der Waals surface area contributed by atoms with E-state index in [1.807, 2.05) is 42.5 Å². The van der Waals surface area contributed by atoms with E-state index in [1.54, 1.807) is 19.5 Å². The van der Waals surface area contributed by atoms with Crippen LogP contribution in [0.15, 0.2) is 54.9 Å². The Kier molecular flexibility index (Phi) is 4.44. The molecule has 0 saturated heterocycles. The average molecular weight is 327 g/mol. The first-order chi connectivity index (χ1) is 11.2. The summed E-state index contributed by atoms with van der Waals surface area (Å²) >= 11 is 5.61. The van der Waals surface area contributed by atoms with Crippen molar-refractivity contribution >= 4 is 34.0 Å². The van der Waals surface area contributed by atoms with E-state index in [0.717, 1.165) is 21.9 Å². The van der Waals surface area contributed by atoms with Crippen molar-refractivity contribution in [1.82, 2.24) is 4.98 Å². The smallest absolute Gasteiger partial charge is 0.239 e. The van der Waals surface area contributed by atoms with E-state index >= 15 is 0 Å². The number of alkyl halides is 1. The average Bonchev–Trinajstić information content (AvgIpc) is 2.62. The van der Waals surface area contributed by atoms with Crippen molar-refractivity contribution in [2.45, 2.75) is 0 Å². The van der Waals surface area contributed by atoms with Crippen LogP contribution in [0.1, 0.15) is 0 Å². The van der Waals surface area contributed by atoms with Crippen molar-refractivity contribution in [2.75, 3.05) is 18.3 Å². The molecule has 0 aliphatic carbocycles. The molecule has 1 N–H and O–H groups in total. The summed E-state index contributed by atoms with van der Waals surface area (Å²) in [6.07, 6.45) is 3.54. The number of carbonyl (C=O) groups excluding carboxylic acids is 1. The lowest BCUT2D eigenvalue weighted by molar-refractivity contribution is -0.113. The quantitative estimate of drug-likeness (QED) is 0.735. The summed E-state index contributed by atoms with van der Waals surface area (Å²) in [5.41, 5.74) is 2.65. The molecular formula is C18H15ClN2O2. The highest BCUT2D eigenvalue weighted by atomic mass is 35.5. The van der Waals surface area contributed by atoms with Gasteiger partial charge in [-0.3, -0.25) is 9.78 Å². The van der Waals surface area contributed by atoms with Gasteiger partial charge in [0.05, 0.1) is 12.8 Å². The van der Waals surface area contributed by atoms with Crippen molar-refractivity contribution in [3.05, 3.63) is 54.9 Å². The summed E-state index contributed by atoms with van der Waals surface area (Å²) in [5, 5.41) is 4.72. The Balaban J connectivity index is 2.19. The second kappa shape index (κ2) is 6.67. The van der Waals surface area contributed by atoms with Crippen molar-refractivity contribution in [1.29, 1.82) is 0 Å². The van der Waals surface area contributed by atoms with Crippen LogP contribution in [-0.4, -0.2) is 23.9 Å². The van der Waals surface area contributed by atoms with Gasteiger partial charge in [-0.15, -0.1) is 11.6 Å². The van der Waals surface area contributed by atoms with Crippen molar-refractivity contribution in [3.63, 3.8) is 0 Å². The van der Waals surface area contributed by atoms with Crippen LogP contribution in [0.3, 0.4) is 0 Å². The molecule has 3 aromatic rings. The number of carbonyl (C=O) groups is 1. The summed E-state index contributed by atoms with van der Waals surface area (Å²) in [5.74, 6) is 0.213. The number of anilines is 1. The summed E-state index contributed by atoms with van der Waals surface area (Å²) in [7, 11) is 1.57. The van der Waals surface area contributed by atoms with Crippen LogP contribution in [0.25, 0.3) is 21.9 Å². The Labute approximate surface area is 139 Å². The predicted molar refractivity (Wildman–Crippen MR) is 93.1 cm³/mol. The van der Waals surface area contributed by atoms with Gasteiger partial charge in [-0.05, 0) is 29.1 Å².